The molecule has 2 nitrogen and oxygen atoms in total. The molecule has 1 aromatic rings. The number of rotatable bonds is 3. The molecule has 1 saturated heterocycles. The van der Waals surface area contributed by atoms with Gasteiger partial charge in [0.25, 0.3) is 0 Å². The van der Waals surface area contributed by atoms with E-state index in [-0.39, 0.29) is 5.41 Å². The highest BCUT2D eigenvalue weighted by atomic mass is 79.9. The number of nitrogens with zero attached hydrogens (tertiary/aromatic N) is 1. The molecule has 3 rings (SSSR count). The van der Waals surface area contributed by atoms with Crippen molar-refractivity contribution in [3.8, 4) is 0 Å². The molecule has 0 aromatic heterocycles. The van der Waals surface area contributed by atoms with E-state index < -0.39 is 0 Å². The van der Waals surface area contributed by atoms with Gasteiger partial charge in [0.2, 0.25) is 0 Å². The molecular weight excluding hydrogens is 300 g/mol. The standard InChI is InChI=1S/C16H23BrN2/c17-13-6-5-7-14(19-10-3-4-11-19)15(13)16(12-18)8-1-2-9-16/h5-7H,1-4,8-12,18H2. The molecule has 2 N–H and O–H groups in total. The smallest absolute Gasteiger partial charge is 0.0416 e. The van der Waals surface area contributed by atoms with Gasteiger partial charge in [0.05, 0.1) is 0 Å². The lowest BCUT2D eigenvalue weighted by molar-refractivity contribution is 0.451. The molecule has 1 heterocycles. The first-order chi connectivity index (χ1) is 9.27. The van der Waals surface area contributed by atoms with Crippen LogP contribution in [0, 0.1) is 0 Å². The first-order valence-electron chi connectivity index (χ1n) is 7.51. The summed E-state index contributed by atoms with van der Waals surface area (Å²) >= 11 is 3.80. The van der Waals surface area contributed by atoms with Crippen LogP contribution in [0.3, 0.4) is 0 Å². The summed E-state index contributed by atoms with van der Waals surface area (Å²) in [5, 5.41) is 0. The largest absolute Gasteiger partial charge is 0.371 e. The van der Waals surface area contributed by atoms with Crippen LogP contribution in [0.2, 0.25) is 0 Å². The number of hydrogen-bond donors (Lipinski definition) is 1. The van der Waals surface area contributed by atoms with Gasteiger partial charge in [-0.15, -0.1) is 0 Å². The second kappa shape index (κ2) is 5.45. The van der Waals surface area contributed by atoms with Crippen LogP contribution in [0.1, 0.15) is 44.1 Å². The van der Waals surface area contributed by atoms with Crippen molar-refractivity contribution in [2.24, 2.45) is 5.73 Å². The van der Waals surface area contributed by atoms with E-state index >= 15 is 0 Å². The molecule has 2 fully saturated rings. The summed E-state index contributed by atoms with van der Waals surface area (Å²) in [6, 6.07) is 6.65. The van der Waals surface area contributed by atoms with Crippen LogP contribution in [-0.2, 0) is 5.41 Å². The maximum atomic E-state index is 6.20. The van der Waals surface area contributed by atoms with Gasteiger partial charge in [-0.05, 0) is 43.4 Å². The summed E-state index contributed by atoms with van der Waals surface area (Å²) in [6.07, 6.45) is 7.76. The molecule has 104 valence electrons. The van der Waals surface area contributed by atoms with Crippen LogP contribution in [0.5, 0.6) is 0 Å². The zero-order valence-corrected chi connectivity index (χ0v) is 13.1. The van der Waals surface area contributed by atoms with Gasteiger partial charge in [0.1, 0.15) is 0 Å². The van der Waals surface area contributed by atoms with Gasteiger partial charge in [-0.25, -0.2) is 0 Å². The van der Waals surface area contributed by atoms with Crippen LogP contribution in [0.25, 0.3) is 0 Å². The Morgan fingerprint density at radius 1 is 1.11 bits per heavy atom. The molecular formula is C16H23BrN2. The quantitative estimate of drug-likeness (QED) is 0.916. The Bertz CT molecular complexity index is 446. The monoisotopic (exact) mass is 322 g/mol. The predicted octanol–water partition coefficient (Wildman–Crippen LogP) is 3.82. The van der Waals surface area contributed by atoms with Gasteiger partial charge < -0.3 is 10.6 Å². The molecule has 0 amide bonds. The van der Waals surface area contributed by atoms with Gasteiger partial charge in [-0.2, -0.15) is 0 Å². The van der Waals surface area contributed by atoms with Crippen molar-refractivity contribution in [1.82, 2.24) is 0 Å². The van der Waals surface area contributed by atoms with Crippen LogP contribution in [-0.4, -0.2) is 19.6 Å². The Hall–Kier alpha value is -0.540. The van der Waals surface area contributed by atoms with E-state index in [1.54, 1.807) is 0 Å². The number of halogens is 1. The second-order valence-corrected chi connectivity index (χ2v) is 6.87. The molecule has 0 bridgehead atoms. The van der Waals surface area contributed by atoms with Gasteiger partial charge in [0, 0.05) is 35.2 Å². The van der Waals surface area contributed by atoms with Crippen molar-refractivity contribution < 1.29 is 0 Å². The fourth-order valence-corrected chi connectivity index (χ4v) is 4.64. The van der Waals surface area contributed by atoms with E-state index in [0.717, 1.165) is 6.54 Å². The van der Waals surface area contributed by atoms with Crippen molar-refractivity contribution in [2.75, 3.05) is 24.5 Å². The normalized spacial score (nSPS) is 22.1. The number of hydrogen-bond acceptors (Lipinski definition) is 2. The second-order valence-electron chi connectivity index (χ2n) is 6.02. The molecule has 1 aliphatic heterocycles. The van der Waals surface area contributed by atoms with E-state index in [9.17, 15) is 0 Å². The van der Waals surface area contributed by atoms with Gasteiger partial charge >= 0.3 is 0 Å². The molecule has 19 heavy (non-hydrogen) atoms. The third kappa shape index (κ3) is 2.31. The molecule has 0 atom stereocenters. The number of anilines is 1. The lowest BCUT2D eigenvalue weighted by atomic mass is 9.78. The minimum Gasteiger partial charge on any atom is -0.371 e. The first kappa shape index (κ1) is 13.4. The van der Waals surface area contributed by atoms with Crippen molar-refractivity contribution in [1.29, 1.82) is 0 Å². The van der Waals surface area contributed by atoms with E-state index in [1.807, 2.05) is 0 Å². The molecule has 0 unspecified atom stereocenters. The summed E-state index contributed by atoms with van der Waals surface area (Å²) in [5.41, 5.74) is 9.32. The summed E-state index contributed by atoms with van der Waals surface area (Å²) in [7, 11) is 0. The Balaban J connectivity index is 2.07. The Kier molecular flexibility index (Phi) is 3.86. The van der Waals surface area contributed by atoms with E-state index in [4.69, 9.17) is 5.73 Å². The molecule has 2 aliphatic rings. The van der Waals surface area contributed by atoms with Gasteiger partial charge in [-0.3, -0.25) is 0 Å². The lowest BCUT2D eigenvalue weighted by Gasteiger charge is -2.34. The highest BCUT2D eigenvalue weighted by molar-refractivity contribution is 9.10. The fraction of sp³-hybridized carbons (Fsp3) is 0.625. The van der Waals surface area contributed by atoms with Crippen molar-refractivity contribution in [3.05, 3.63) is 28.2 Å². The highest BCUT2D eigenvalue weighted by Crippen LogP contribution is 2.47. The van der Waals surface area contributed by atoms with E-state index in [1.165, 1.54) is 67.3 Å². The molecule has 0 spiro atoms. The lowest BCUT2D eigenvalue weighted by Crippen LogP contribution is -2.35. The minimum absolute atomic E-state index is 0.206. The topological polar surface area (TPSA) is 29.3 Å². The summed E-state index contributed by atoms with van der Waals surface area (Å²) in [4.78, 5) is 2.55. The van der Waals surface area contributed by atoms with Crippen molar-refractivity contribution in [3.63, 3.8) is 0 Å². The predicted molar refractivity (Wildman–Crippen MR) is 84.8 cm³/mol. The Morgan fingerprint density at radius 2 is 1.79 bits per heavy atom. The third-order valence-electron chi connectivity index (χ3n) is 4.92. The maximum Gasteiger partial charge on any atom is 0.0416 e. The van der Waals surface area contributed by atoms with Crippen LogP contribution in [0.4, 0.5) is 5.69 Å². The SMILES string of the molecule is NCC1(c2c(Br)cccc2N2CCCC2)CCCC1. The van der Waals surface area contributed by atoms with Crippen molar-refractivity contribution in [2.45, 2.75) is 43.9 Å². The van der Waals surface area contributed by atoms with Gasteiger partial charge in [-0.1, -0.05) is 34.8 Å². The average Bonchev–Trinajstić information content (AvgIpc) is 3.10. The van der Waals surface area contributed by atoms with E-state index in [2.05, 4.69) is 39.0 Å². The third-order valence-corrected chi connectivity index (χ3v) is 5.58. The minimum atomic E-state index is 0.206. The fourth-order valence-electron chi connectivity index (χ4n) is 3.87. The first-order valence-corrected chi connectivity index (χ1v) is 8.30. The average molecular weight is 323 g/mol. The molecule has 0 radical (unpaired) electrons. The highest BCUT2D eigenvalue weighted by Gasteiger charge is 2.38. The Labute approximate surface area is 124 Å². The summed E-state index contributed by atoms with van der Waals surface area (Å²) < 4.78 is 1.25. The van der Waals surface area contributed by atoms with Crippen LogP contribution in [0.15, 0.2) is 22.7 Å². The maximum absolute atomic E-state index is 6.20. The van der Waals surface area contributed by atoms with Crippen LogP contribution < -0.4 is 10.6 Å². The zero-order chi connectivity index (χ0) is 13.3. The molecule has 3 heteroatoms. The summed E-state index contributed by atoms with van der Waals surface area (Å²) in [5.74, 6) is 0. The Morgan fingerprint density at radius 3 is 2.42 bits per heavy atom. The molecule has 1 aromatic carbocycles. The molecule has 1 saturated carbocycles. The zero-order valence-electron chi connectivity index (χ0n) is 11.5. The van der Waals surface area contributed by atoms with E-state index in [0.29, 0.717) is 0 Å². The molecule has 1 aliphatic carbocycles. The number of benzene rings is 1. The summed E-state index contributed by atoms with van der Waals surface area (Å²) in [6.45, 7) is 3.17. The van der Waals surface area contributed by atoms with Crippen molar-refractivity contribution >= 4 is 21.6 Å². The number of nitrogens with two attached hydrogens (primary N) is 1. The van der Waals surface area contributed by atoms with Gasteiger partial charge in [0.15, 0.2) is 0 Å². The van der Waals surface area contributed by atoms with Crippen LogP contribution >= 0.6 is 15.9 Å².